The summed E-state index contributed by atoms with van der Waals surface area (Å²) < 4.78 is 8.40. The number of amides is 1. The Morgan fingerprint density at radius 1 is 1.44 bits per heavy atom. The number of H-pyrrole nitrogens is 1. The van der Waals surface area contributed by atoms with E-state index in [1.165, 1.54) is 10.9 Å². The summed E-state index contributed by atoms with van der Waals surface area (Å²) in [6.45, 7) is 1.47. The zero-order valence-electron chi connectivity index (χ0n) is 13.6. The number of fused-ring (bicyclic) bond motifs is 1. The van der Waals surface area contributed by atoms with Gasteiger partial charge in [-0.15, -0.1) is 0 Å². The average molecular weight is 343 g/mol. The Balaban J connectivity index is 1.47. The third kappa shape index (κ3) is 3.03. The molecule has 1 saturated heterocycles. The summed E-state index contributed by atoms with van der Waals surface area (Å²) >= 11 is 0. The van der Waals surface area contributed by atoms with Crippen molar-refractivity contribution in [2.45, 2.75) is 18.9 Å². The lowest BCUT2D eigenvalue weighted by molar-refractivity contribution is -0.116. The molecule has 10 heteroatoms. The first kappa shape index (κ1) is 15.5. The predicted octanol–water partition coefficient (Wildman–Crippen LogP) is -0.00430. The summed E-state index contributed by atoms with van der Waals surface area (Å²) in [5.74, 6) is 0.0896. The quantitative estimate of drug-likeness (QED) is 0.688. The Kier molecular flexibility index (Phi) is 3.80. The number of nitrogens with one attached hydrogen (secondary N) is 2. The van der Waals surface area contributed by atoms with Gasteiger partial charge in [-0.2, -0.15) is 15.2 Å². The maximum Gasteiger partial charge on any atom is 0.263 e. The second-order valence-corrected chi connectivity index (χ2v) is 6.00. The van der Waals surface area contributed by atoms with Gasteiger partial charge in [0.2, 0.25) is 11.9 Å². The van der Waals surface area contributed by atoms with Crippen molar-refractivity contribution in [3.8, 4) is 0 Å². The van der Waals surface area contributed by atoms with Crippen molar-refractivity contribution in [2.75, 3.05) is 18.5 Å². The highest BCUT2D eigenvalue weighted by molar-refractivity contribution is 5.89. The zero-order valence-corrected chi connectivity index (χ0v) is 13.6. The molecule has 0 aliphatic carbocycles. The van der Waals surface area contributed by atoms with Gasteiger partial charge in [-0.05, 0) is 12.0 Å². The number of carbonyl (C=O) groups is 1. The largest absolute Gasteiger partial charge is 0.381 e. The number of aromatic amines is 1. The minimum atomic E-state index is -0.351. The van der Waals surface area contributed by atoms with Gasteiger partial charge in [-0.3, -0.25) is 29.3 Å². The third-order valence-electron chi connectivity index (χ3n) is 4.22. The summed E-state index contributed by atoms with van der Waals surface area (Å²) in [7, 11) is 1.68. The van der Waals surface area contributed by atoms with Crippen molar-refractivity contribution in [2.24, 2.45) is 7.05 Å². The van der Waals surface area contributed by atoms with Crippen LogP contribution >= 0.6 is 0 Å². The molecule has 0 bridgehead atoms. The first-order valence-corrected chi connectivity index (χ1v) is 7.92. The number of nitrogens with zero attached hydrogens (tertiary/aromatic N) is 5. The maximum absolute atomic E-state index is 12.2. The van der Waals surface area contributed by atoms with Crippen molar-refractivity contribution in [1.82, 2.24) is 29.5 Å². The van der Waals surface area contributed by atoms with E-state index in [-0.39, 0.29) is 24.0 Å². The van der Waals surface area contributed by atoms with Crippen LogP contribution in [0, 0.1) is 0 Å². The Bertz CT molecular complexity index is 981. The van der Waals surface area contributed by atoms with Gasteiger partial charge in [0.25, 0.3) is 5.56 Å². The van der Waals surface area contributed by atoms with E-state index in [4.69, 9.17) is 4.74 Å². The summed E-state index contributed by atoms with van der Waals surface area (Å²) in [4.78, 5) is 30.9. The van der Waals surface area contributed by atoms with E-state index >= 15 is 0 Å². The van der Waals surface area contributed by atoms with E-state index in [1.807, 2.05) is 6.20 Å². The molecule has 10 nitrogen and oxygen atoms in total. The average Bonchev–Trinajstić information content (AvgIpc) is 3.29. The molecule has 25 heavy (non-hydrogen) atoms. The van der Waals surface area contributed by atoms with E-state index in [1.54, 1.807) is 17.9 Å². The van der Waals surface area contributed by atoms with Crippen molar-refractivity contribution in [3.63, 3.8) is 0 Å². The van der Waals surface area contributed by atoms with Crippen LogP contribution < -0.4 is 10.9 Å². The van der Waals surface area contributed by atoms with Crippen molar-refractivity contribution >= 4 is 22.9 Å². The standard InChI is InChI=1S/C15H17N7O3/c1-21-13-11(5-16-21)14(24)20-15(19-13)18-12(23)7-22-6-10(4-17-22)9-2-3-25-8-9/h4-6,9H,2-3,7-8H2,1H3,(H2,18,19,20,23,24). The second-order valence-electron chi connectivity index (χ2n) is 6.00. The smallest absolute Gasteiger partial charge is 0.263 e. The molecule has 1 atom stereocenters. The van der Waals surface area contributed by atoms with E-state index in [0.717, 1.165) is 18.6 Å². The van der Waals surface area contributed by atoms with E-state index in [2.05, 4.69) is 25.5 Å². The van der Waals surface area contributed by atoms with Gasteiger partial charge in [0, 0.05) is 25.8 Å². The molecule has 0 saturated carbocycles. The molecule has 3 aromatic rings. The zero-order chi connectivity index (χ0) is 17.4. The summed E-state index contributed by atoms with van der Waals surface area (Å²) in [5.41, 5.74) is 1.12. The fourth-order valence-electron chi connectivity index (χ4n) is 2.88. The molecule has 0 aromatic carbocycles. The minimum absolute atomic E-state index is 0.0285. The fraction of sp³-hybridized carbons (Fsp3) is 0.400. The molecule has 1 amide bonds. The highest BCUT2D eigenvalue weighted by Gasteiger charge is 2.19. The van der Waals surface area contributed by atoms with Crippen LogP contribution in [0.15, 0.2) is 23.4 Å². The molecular formula is C15H17N7O3. The van der Waals surface area contributed by atoms with Crippen LogP contribution in [-0.2, 0) is 23.1 Å². The topological polar surface area (TPSA) is 120 Å². The van der Waals surface area contributed by atoms with Crippen LogP contribution in [0.5, 0.6) is 0 Å². The number of hydrogen-bond acceptors (Lipinski definition) is 6. The van der Waals surface area contributed by atoms with Crippen LogP contribution in [0.1, 0.15) is 17.9 Å². The minimum Gasteiger partial charge on any atom is -0.381 e. The molecule has 3 aromatic heterocycles. The lowest BCUT2D eigenvalue weighted by Gasteiger charge is -2.05. The summed E-state index contributed by atoms with van der Waals surface area (Å²) in [6.07, 6.45) is 6.01. The number of aryl methyl sites for hydroxylation is 1. The molecule has 4 heterocycles. The van der Waals surface area contributed by atoms with Crippen LogP contribution in [0.4, 0.5) is 5.95 Å². The number of carbonyl (C=O) groups excluding carboxylic acids is 1. The van der Waals surface area contributed by atoms with Gasteiger partial charge in [-0.25, -0.2) is 0 Å². The number of anilines is 1. The highest BCUT2D eigenvalue weighted by atomic mass is 16.5. The van der Waals surface area contributed by atoms with Crippen LogP contribution in [0.2, 0.25) is 0 Å². The van der Waals surface area contributed by atoms with Crippen LogP contribution in [-0.4, -0.2) is 48.6 Å². The first-order valence-electron chi connectivity index (χ1n) is 7.92. The van der Waals surface area contributed by atoms with Gasteiger partial charge < -0.3 is 4.74 Å². The third-order valence-corrected chi connectivity index (χ3v) is 4.22. The molecule has 0 radical (unpaired) electrons. The maximum atomic E-state index is 12.2. The molecule has 130 valence electrons. The lowest BCUT2D eigenvalue weighted by Crippen LogP contribution is -2.22. The normalized spacial score (nSPS) is 17.2. The van der Waals surface area contributed by atoms with Crippen LogP contribution in [0.3, 0.4) is 0 Å². The monoisotopic (exact) mass is 343 g/mol. The molecule has 0 spiro atoms. The highest BCUT2D eigenvalue weighted by Crippen LogP contribution is 2.24. The Morgan fingerprint density at radius 3 is 3.12 bits per heavy atom. The number of aromatic nitrogens is 6. The van der Waals surface area contributed by atoms with Gasteiger partial charge >= 0.3 is 0 Å². The number of rotatable bonds is 4. The molecular weight excluding hydrogens is 326 g/mol. The first-order chi connectivity index (χ1) is 12.1. The van der Waals surface area contributed by atoms with Gasteiger partial charge in [0.15, 0.2) is 5.65 Å². The Labute approximate surface area is 141 Å². The summed E-state index contributed by atoms with van der Waals surface area (Å²) in [5, 5.41) is 11.1. The Morgan fingerprint density at radius 2 is 2.32 bits per heavy atom. The predicted molar refractivity (Wildman–Crippen MR) is 88.2 cm³/mol. The van der Waals surface area contributed by atoms with Crippen molar-refractivity contribution in [3.05, 3.63) is 34.5 Å². The van der Waals surface area contributed by atoms with E-state index < -0.39 is 0 Å². The van der Waals surface area contributed by atoms with E-state index in [0.29, 0.717) is 23.6 Å². The SMILES string of the molecule is Cn1ncc2c(=O)[nH]c(NC(=O)Cn3cc(C4CCOC4)cn3)nc21. The fourth-order valence-corrected chi connectivity index (χ4v) is 2.88. The Hall–Kier alpha value is -3.01. The number of hydrogen-bond donors (Lipinski definition) is 2. The van der Waals surface area contributed by atoms with Crippen molar-refractivity contribution in [1.29, 1.82) is 0 Å². The van der Waals surface area contributed by atoms with Crippen LogP contribution in [0.25, 0.3) is 11.0 Å². The second kappa shape index (κ2) is 6.13. The van der Waals surface area contributed by atoms with E-state index in [9.17, 15) is 9.59 Å². The van der Waals surface area contributed by atoms with Gasteiger partial charge in [0.05, 0.1) is 19.0 Å². The summed E-state index contributed by atoms with van der Waals surface area (Å²) in [6, 6.07) is 0. The molecule has 1 aliphatic heterocycles. The molecule has 1 unspecified atom stereocenters. The molecule has 1 aliphatic rings. The van der Waals surface area contributed by atoms with Crippen molar-refractivity contribution < 1.29 is 9.53 Å². The van der Waals surface area contributed by atoms with Gasteiger partial charge in [-0.1, -0.05) is 0 Å². The lowest BCUT2D eigenvalue weighted by atomic mass is 10.0. The molecule has 2 N–H and O–H groups in total. The number of ether oxygens (including phenoxy) is 1. The van der Waals surface area contributed by atoms with Gasteiger partial charge in [0.1, 0.15) is 11.9 Å². The molecule has 1 fully saturated rings. The molecule has 4 rings (SSSR count).